The largest absolute Gasteiger partial charge is 0.321 e. The van der Waals surface area contributed by atoms with E-state index >= 15 is 0 Å². The van der Waals surface area contributed by atoms with E-state index in [2.05, 4.69) is 28.2 Å². The first kappa shape index (κ1) is 18.7. The number of carbonyl (C=O) groups is 1. The number of anilines is 1. The van der Waals surface area contributed by atoms with E-state index in [0.717, 1.165) is 40.8 Å². The van der Waals surface area contributed by atoms with Crippen molar-refractivity contribution in [2.45, 2.75) is 13.5 Å². The Labute approximate surface area is 171 Å². The molecule has 0 unspecified atom stereocenters. The number of thiophene rings is 1. The van der Waals surface area contributed by atoms with Crippen molar-refractivity contribution in [3.63, 3.8) is 0 Å². The number of thioether (sulfide) groups is 1. The molecule has 1 saturated heterocycles. The van der Waals surface area contributed by atoms with Crippen LogP contribution in [0.25, 0.3) is 9.88 Å². The van der Waals surface area contributed by atoms with E-state index < -0.39 is 0 Å². The molecule has 0 aliphatic carbocycles. The van der Waals surface area contributed by atoms with Crippen molar-refractivity contribution in [1.29, 1.82) is 0 Å². The molecule has 140 valence electrons. The van der Waals surface area contributed by atoms with Gasteiger partial charge in [0.05, 0.1) is 11.1 Å². The van der Waals surface area contributed by atoms with Crippen LogP contribution in [0.4, 0.5) is 5.69 Å². The molecule has 4 nitrogen and oxygen atoms in total. The molecule has 1 aliphatic rings. The number of hydrogen-bond acceptors (Lipinski definition) is 6. The summed E-state index contributed by atoms with van der Waals surface area (Å²) in [5.74, 6) is 2.31. The minimum Gasteiger partial charge on any atom is -0.321 e. The molecule has 2 aromatic heterocycles. The Balaban J connectivity index is 1.47. The number of amides is 1. The number of thiazole rings is 1. The topological polar surface area (TPSA) is 45.2 Å². The van der Waals surface area contributed by atoms with E-state index in [9.17, 15) is 4.79 Å². The third kappa shape index (κ3) is 4.43. The molecule has 0 saturated carbocycles. The number of aromatic nitrogens is 1. The van der Waals surface area contributed by atoms with Gasteiger partial charge in [-0.2, -0.15) is 11.8 Å². The van der Waals surface area contributed by atoms with Gasteiger partial charge in [-0.1, -0.05) is 18.2 Å². The standard InChI is InChI=1S/C20H21N3OS3/c1-14-15(13-23-7-10-25-11-8-23)4-2-5-16(14)22-19(24)18-12-21-20(27-18)17-6-3-9-26-17/h2-6,9,12H,7-8,10-11,13H2,1H3,(H,22,24). The Hall–Kier alpha value is -1.67. The molecule has 27 heavy (non-hydrogen) atoms. The minimum absolute atomic E-state index is 0.0927. The summed E-state index contributed by atoms with van der Waals surface area (Å²) >= 11 is 5.09. The van der Waals surface area contributed by atoms with E-state index in [1.807, 2.05) is 41.4 Å². The highest BCUT2D eigenvalue weighted by Crippen LogP contribution is 2.30. The Morgan fingerprint density at radius 1 is 1.22 bits per heavy atom. The van der Waals surface area contributed by atoms with Crippen molar-refractivity contribution in [1.82, 2.24) is 9.88 Å². The predicted octanol–water partition coefficient (Wildman–Crippen LogP) is 4.98. The van der Waals surface area contributed by atoms with Crippen LogP contribution in [0, 0.1) is 6.92 Å². The summed E-state index contributed by atoms with van der Waals surface area (Å²) in [4.78, 5) is 21.3. The van der Waals surface area contributed by atoms with E-state index in [1.54, 1.807) is 17.5 Å². The van der Waals surface area contributed by atoms with Crippen molar-refractivity contribution in [2.24, 2.45) is 0 Å². The fourth-order valence-corrected chi connectivity index (χ4v) is 5.66. The van der Waals surface area contributed by atoms with Crippen molar-refractivity contribution < 1.29 is 4.79 Å². The Bertz CT molecular complexity index is 914. The van der Waals surface area contributed by atoms with Crippen LogP contribution in [0.3, 0.4) is 0 Å². The molecule has 3 aromatic rings. The van der Waals surface area contributed by atoms with Crippen LogP contribution in [-0.2, 0) is 6.54 Å². The molecular weight excluding hydrogens is 394 g/mol. The monoisotopic (exact) mass is 415 g/mol. The maximum Gasteiger partial charge on any atom is 0.267 e. The summed E-state index contributed by atoms with van der Waals surface area (Å²) < 4.78 is 0. The fourth-order valence-electron chi connectivity index (χ4n) is 3.07. The second kappa shape index (κ2) is 8.56. The van der Waals surface area contributed by atoms with Gasteiger partial charge in [-0.05, 0) is 35.6 Å². The number of benzene rings is 1. The molecule has 3 heterocycles. The molecule has 4 rings (SSSR count). The van der Waals surface area contributed by atoms with Gasteiger partial charge in [0.2, 0.25) is 0 Å². The highest BCUT2D eigenvalue weighted by atomic mass is 32.2. The van der Waals surface area contributed by atoms with Crippen LogP contribution in [0.1, 0.15) is 20.8 Å². The van der Waals surface area contributed by atoms with Gasteiger partial charge in [0.1, 0.15) is 9.88 Å². The van der Waals surface area contributed by atoms with Crippen LogP contribution < -0.4 is 5.32 Å². The van der Waals surface area contributed by atoms with Crippen molar-refractivity contribution >= 4 is 46.0 Å². The van der Waals surface area contributed by atoms with Gasteiger partial charge < -0.3 is 5.32 Å². The lowest BCUT2D eigenvalue weighted by atomic mass is 10.1. The molecule has 0 atom stereocenters. The first-order valence-corrected chi connectivity index (χ1v) is 11.8. The zero-order chi connectivity index (χ0) is 18.6. The molecule has 1 N–H and O–H groups in total. The number of rotatable bonds is 5. The second-order valence-corrected chi connectivity index (χ2v) is 9.64. The van der Waals surface area contributed by atoms with Crippen LogP contribution in [-0.4, -0.2) is 40.4 Å². The lowest BCUT2D eigenvalue weighted by molar-refractivity contribution is 0.103. The molecule has 0 radical (unpaired) electrons. The number of nitrogens with zero attached hydrogens (tertiary/aromatic N) is 2. The third-order valence-corrected chi connectivity index (χ3v) is 7.63. The maximum atomic E-state index is 12.7. The first-order valence-electron chi connectivity index (χ1n) is 8.90. The first-order chi connectivity index (χ1) is 13.2. The molecule has 1 aliphatic heterocycles. The average molecular weight is 416 g/mol. The zero-order valence-electron chi connectivity index (χ0n) is 15.1. The van der Waals surface area contributed by atoms with Crippen LogP contribution in [0.15, 0.2) is 41.9 Å². The molecule has 0 spiro atoms. The third-order valence-electron chi connectivity index (χ3n) is 4.65. The van der Waals surface area contributed by atoms with Gasteiger partial charge in [0.25, 0.3) is 5.91 Å². The molecule has 7 heteroatoms. The van der Waals surface area contributed by atoms with Gasteiger partial charge in [0, 0.05) is 36.8 Å². The summed E-state index contributed by atoms with van der Waals surface area (Å²) in [5, 5.41) is 5.99. The van der Waals surface area contributed by atoms with Crippen LogP contribution in [0.5, 0.6) is 0 Å². The van der Waals surface area contributed by atoms with E-state index in [0.29, 0.717) is 4.88 Å². The molecule has 1 fully saturated rings. The SMILES string of the molecule is Cc1c(CN2CCSCC2)cccc1NC(=O)c1cnc(-c2cccs2)s1. The molecule has 1 amide bonds. The Morgan fingerprint density at radius 3 is 2.85 bits per heavy atom. The summed E-state index contributed by atoms with van der Waals surface area (Å²) in [7, 11) is 0. The minimum atomic E-state index is -0.0927. The maximum absolute atomic E-state index is 12.7. The summed E-state index contributed by atoms with van der Waals surface area (Å²) in [6, 6.07) is 10.2. The van der Waals surface area contributed by atoms with Gasteiger partial charge in [-0.25, -0.2) is 4.98 Å². The van der Waals surface area contributed by atoms with Gasteiger partial charge in [-0.15, -0.1) is 22.7 Å². The van der Waals surface area contributed by atoms with Crippen LogP contribution >= 0.6 is 34.4 Å². The Kier molecular flexibility index (Phi) is 5.92. The smallest absolute Gasteiger partial charge is 0.267 e. The number of hydrogen-bond donors (Lipinski definition) is 1. The van der Waals surface area contributed by atoms with Gasteiger partial charge in [0.15, 0.2) is 0 Å². The van der Waals surface area contributed by atoms with Crippen LogP contribution in [0.2, 0.25) is 0 Å². The highest BCUT2D eigenvalue weighted by Gasteiger charge is 2.16. The van der Waals surface area contributed by atoms with Crippen molar-refractivity contribution in [3.8, 4) is 9.88 Å². The van der Waals surface area contributed by atoms with Crippen molar-refractivity contribution in [3.05, 3.63) is 57.9 Å². The summed E-state index contributed by atoms with van der Waals surface area (Å²) in [6.07, 6.45) is 1.67. The Morgan fingerprint density at radius 2 is 2.07 bits per heavy atom. The summed E-state index contributed by atoms with van der Waals surface area (Å²) in [6.45, 7) is 5.30. The lowest BCUT2D eigenvalue weighted by Gasteiger charge is -2.27. The normalized spacial score (nSPS) is 15.0. The van der Waals surface area contributed by atoms with Crippen molar-refractivity contribution in [2.75, 3.05) is 29.9 Å². The van der Waals surface area contributed by atoms with E-state index in [1.165, 1.54) is 28.4 Å². The second-order valence-electron chi connectivity index (χ2n) is 6.44. The fraction of sp³-hybridized carbons (Fsp3) is 0.300. The lowest BCUT2D eigenvalue weighted by Crippen LogP contribution is -2.32. The highest BCUT2D eigenvalue weighted by molar-refractivity contribution is 7.99. The van der Waals surface area contributed by atoms with Gasteiger partial charge >= 0.3 is 0 Å². The summed E-state index contributed by atoms with van der Waals surface area (Å²) in [5.41, 5.74) is 3.31. The molecule has 0 bridgehead atoms. The predicted molar refractivity (Wildman–Crippen MR) is 117 cm³/mol. The van der Waals surface area contributed by atoms with E-state index in [4.69, 9.17) is 0 Å². The average Bonchev–Trinajstić information content (AvgIpc) is 3.37. The van der Waals surface area contributed by atoms with Gasteiger partial charge in [-0.3, -0.25) is 9.69 Å². The van der Waals surface area contributed by atoms with E-state index in [-0.39, 0.29) is 5.91 Å². The number of carbonyl (C=O) groups excluding carboxylic acids is 1. The molecule has 1 aromatic carbocycles. The quantitative estimate of drug-likeness (QED) is 0.638. The molecular formula is C20H21N3OS3. The number of nitrogens with one attached hydrogen (secondary N) is 1. The zero-order valence-corrected chi connectivity index (χ0v) is 17.6.